The van der Waals surface area contributed by atoms with Gasteiger partial charge in [0.05, 0.1) is 18.7 Å². The molecular formula is C20H17ClN4O2. The molecule has 1 amide bonds. The second kappa shape index (κ2) is 7.25. The Morgan fingerprint density at radius 2 is 1.81 bits per heavy atom. The van der Waals surface area contributed by atoms with Gasteiger partial charge >= 0.3 is 0 Å². The zero-order chi connectivity index (χ0) is 18.8. The van der Waals surface area contributed by atoms with Gasteiger partial charge in [0.1, 0.15) is 11.5 Å². The largest absolute Gasteiger partial charge is 0.457 e. The Bertz CT molecular complexity index is 992. The maximum atomic E-state index is 13.1. The van der Waals surface area contributed by atoms with Crippen molar-refractivity contribution in [1.29, 1.82) is 0 Å². The molecule has 1 aromatic heterocycles. The first-order valence-corrected chi connectivity index (χ1v) is 8.85. The van der Waals surface area contributed by atoms with Crippen molar-refractivity contribution in [2.24, 2.45) is 0 Å². The van der Waals surface area contributed by atoms with Crippen LogP contribution in [-0.4, -0.2) is 27.8 Å². The Balaban J connectivity index is 1.75. The Morgan fingerprint density at radius 3 is 2.59 bits per heavy atom. The SMILES string of the molecule is CNc1ncc(C(=O)N2Cc3ccccc3Oc3cccc(Cl)c3C2)cn1. The van der Waals surface area contributed by atoms with Crippen LogP contribution in [0.3, 0.4) is 0 Å². The molecule has 0 bridgehead atoms. The average molecular weight is 381 g/mol. The summed E-state index contributed by atoms with van der Waals surface area (Å²) in [4.78, 5) is 23.1. The minimum absolute atomic E-state index is 0.166. The van der Waals surface area contributed by atoms with Crippen LogP contribution in [0, 0.1) is 0 Å². The number of ether oxygens (including phenoxy) is 1. The molecule has 3 aromatic rings. The second-order valence-electron chi connectivity index (χ2n) is 6.13. The fourth-order valence-corrected chi connectivity index (χ4v) is 3.21. The quantitative estimate of drug-likeness (QED) is 0.724. The second-order valence-corrected chi connectivity index (χ2v) is 6.54. The van der Waals surface area contributed by atoms with Crippen LogP contribution < -0.4 is 10.1 Å². The van der Waals surface area contributed by atoms with Crippen molar-refractivity contribution in [3.63, 3.8) is 0 Å². The van der Waals surface area contributed by atoms with Crippen molar-refractivity contribution in [2.45, 2.75) is 13.1 Å². The molecule has 0 fully saturated rings. The molecule has 0 unspecified atom stereocenters. The number of carbonyl (C=O) groups is 1. The summed E-state index contributed by atoms with van der Waals surface area (Å²) in [5.41, 5.74) is 2.11. The summed E-state index contributed by atoms with van der Waals surface area (Å²) in [6, 6.07) is 13.2. The number of rotatable bonds is 2. The van der Waals surface area contributed by atoms with E-state index in [4.69, 9.17) is 16.3 Å². The fourth-order valence-electron chi connectivity index (χ4n) is 2.99. The Labute approximate surface area is 161 Å². The van der Waals surface area contributed by atoms with E-state index in [1.54, 1.807) is 18.0 Å². The van der Waals surface area contributed by atoms with E-state index in [0.29, 0.717) is 41.1 Å². The Morgan fingerprint density at radius 1 is 1.07 bits per heavy atom. The third-order valence-corrected chi connectivity index (χ3v) is 4.74. The molecule has 27 heavy (non-hydrogen) atoms. The zero-order valence-corrected chi connectivity index (χ0v) is 15.4. The molecule has 6 nitrogen and oxygen atoms in total. The number of hydrogen-bond acceptors (Lipinski definition) is 5. The van der Waals surface area contributed by atoms with Gasteiger partial charge in [-0.3, -0.25) is 4.79 Å². The molecule has 0 aliphatic carbocycles. The zero-order valence-electron chi connectivity index (χ0n) is 14.6. The number of anilines is 1. The van der Waals surface area contributed by atoms with E-state index in [1.165, 1.54) is 12.4 Å². The summed E-state index contributed by atoms with van der Waals surface area (Å²) in [5.74, 6) is 1.65. The van der Waals surface area contributed by atoms with Gasteiger partial charge in [-0.25, -0.2) is 9.97 Å². The summed E-state index contributed by atoms with van der Waals surface area (Å²) in [6.07, 6.45) is 3.05. The van der Waals surface area contributed by atoms with Gasteiger partial charge in [-0.1, -0.05) is 35.9 Å². The molecular weight excluding hydrogens is 364 g/mol. The van der Waals surface area contributed by atoms with Gasteiger partial charge in [0.25, 0.3) is 5.91 Å². The average Bonchev–Trinajstić information content (AvgIpc) is 2.68. The highest BCUT2D eigenvalue weighted by molar-refractivity contribution is 6.31. The van der Waals surface area contributed by atoms with Crippen LogP contribution in [0.5, 0.6) is 11.5 Å². The third kappa shape index (κ3) is 3.44. The molecule has 136 valence electrons. The minimum atomic E-state index is -0.166. The molecule has 1 N–H and O–H groups in total. The number of hydrogen-bond donors (Lipinski definition) is 1. The van der Waals surface area contributed by atoms with Gasteiger partial charge in [0.15, 0.2) is 0 Å². The van der Waals surface area contributed by atoms with Crippen LogP contribution in [0.4, 0.5) is 5.95 Å². The maximum Gasteiger partial charge on any atom is 0.257 e. The topological polar surface area (TPSA) is 67.4 Å². The van der Waals surface area contributed by atoms with Gasteiger partial charge in [-0.2, -0.15) is 0 Å². The highest BCUT2D eigenvalue weighted by Gasteiger charge is 2.24. The molecule has 1 aliphatic rings. The van der Waals surface area contributed by atoms with E-state index < -0.39 is 0 Å². The van der Waals surface area contributed by atoms with E-state index >= 15 is 0 Å². The van der Waals surface area contributed by atoms with Crippen molar-refractivity contribution < 1.29 is 9.53 Å². The van der Waals surface area contributed by atoms with Crippen LogP contribution in [-0.2, 0) is 13.1 Å². The lowest BCUT2D eigenvalue weighted by atomic mass is 10.1. The van der Waals surface area contributed by atoms with Crippen molar-refractivity contribution in [1.82, 2.24) is 14.9 Å². The molecule has 4 rings (SSSR count). The fraction of sp³-hybridized carbons (Fsp3) is 0.150. The minimum Gasteiger partial charge on any atom is -0.457 e. The molecule has 2 aromatic carbocycles. The molecule has 0 atom stereocenters. The molecule has 0 saturated carbocycles. The van der Waals surface area contributed by atoms with Crippen LogP contribution in [0.2, 0.25) is 5.02 Å². The van der Waals surface area contributed by atoms with Crippen LogP contribution in [0.1, 0.15) is 21.5 Å². The van der Waals surface area contributed by atoms with Crippen LogP contribution >= 0.6 is 11.6 Å². The number of aromatic nitrogens is 2. The van der Waals surface area contributed by atoms with Gasteiger partial charge < -0.3 is 15.0 Å². The number of para-hydroxylation sites is 1. The van der Waals surface area contributed by atoms with Gasteiger partial charge in [0.2, 0.25) is 5.95 Å². The monoisotopic (exact) mass is 380 g/mol. The van der Waals surface area contributed by atoms with E-state index in [2.05, 4.69) is 15.3 Å². The summed E-state index contributed by atoms with van der Waals surface area (Å²) < 4.78 is 6.07. The molecule has 2 heterocycles. The van der Waals surface area contributed by atoms with E-state index in [-0.39, 0.29) is 5.91 Å². The van der Waals surface area contributed by atoms with Crippen molar-refractivity contribution in [3.8, 4) is 11.5 Å². The molecule has 7 heteroatoms. The van der Waals surface area contributed by atoms with Crippen LogP contribution in [0.25, 0.3) is 0 Å². The number of amides is 1. The number of halogens is 1. The Kier molecular flexibility index (Phi) is 4.64. The summed E-state index contributed by atoms with van der Waals surface area (Å²) in [7, 11) is 1.73. The van der Waals surface area contributed by atoms with Gasteiger partial charge in [-0.15, -0.1) is 0 Å². The first-order valence-electron chi connectivity index (χ1n) is 8.48. The lowest BCUT2D eigenvalue weighted by Gasteiger charge is -2.28. The predicted molar refractivity (Wildman–Crippen MR) is 103 cm³/mol. The van der Waals surface area contributed by atoms with E-state index in [0.717, 1.165) is 11.1 Å². The molecule has 0 saturated heterocycles. The van der Waals surface area contributed by atoms with E-state index in [1.807, 2.05) is 36.4 Å². The summed E-state index contributed by atoms with van der Waals surface area (Å²) in [6.45, 7) is 0.726. The smallest absolute Gasteiger partial charge is 0.257 e. The summed E-state index contributed by atoms with van der Waals surface area (Å²) in [5, 5.41) is 3.40. The number of benzene rings is 2. The molecule has 1 aliphatic heterocycles. The predicted octanol–water partition coefficient (Wildman–Crippen LogP) is 4.12. The third-order valence-electron chi connectivity index (χ3n) is 4.39. The number of nitrogens with zero attached hydrogens (tertiary/aromatic N) is 3. The lowest BCUT2D eigenvalue weighted by molar-refractivity contribution is 0.0724. The van der Waals surface area contributed by atoms with Crippen molar-refractivity contribution >= 4 is 23.5 Å². The van der Waals surface area contributed by atoms with Gasteiger partial charge in [-0.05, 0) is 18.2 Å². The number of nitrogens with one attached hydrogen (secondary N) is 1. The van der Waals surface area contributed by atoms with Gasteiger partial charge in [0, 0.05) is 35.6 Å². The van der Waals surface area contributed by atoms with Crippen LogP contribution in [0.15, 0.2) is 54.9 Å². The van der Waals surface area contributed by atoms with Crippen molar-refractivity contribution in [2.75, 3.05) is 12.4 Å². The number of carbonyl (C=O) groups excluding carboxylic acids is 1. The lowest BCUT2D eigenvalue weighted by Crippen LogP contribution is -2.31. The Hall–Kier alpha value is -3.12. The molecule has 0 spiro atoms. The number of fused-ring (bicyclic) bond motifs is 2. The maximum absolute atomic E-state index is 13.1. The summed E-state index contributed by atoms with van der Waals surface area (Å²) >= 11 is 6.40. The highest BCUT2D eigenvalue weighted by atomic mass is 35.5. The molecule has 0 radical (unpaired) electrons. The first kappa shape index (κ1) is 17.3. The highest BCUT2D eigenvalue weighted by Crippen LogP contribution is 2.36. The first-order chi connectivity index (χ1) is 13.2. The normalized spacial score (nSPS) is 12.9. The standard InChI is InChI=1S/C20H17ClN4O2/c1-22-20-23-9-14(10-24-20)19(26)25-11-13-5-2-3-7-17(13)27-18-8-4-6-16(21)15(18)12-25/h2-10H,11-12H2,1H3,(H,22,23,24). The van der Waals surface area contributed by atoms with E-state index in [9.17, 15) is 4.79 Å². The van der Waals surface area contributed by atoms with Crippen molar-refractivity contribution in [3.05, 3.63) is 76.6 Å².